The molecule has 3 amide bonds. The quantitative estimate of drug-likeness (QED) is 0.787. The van der Waals surface area contributed by atoms with Crippen LogP contribution >= 0.6 is 0 Å². The van der Waals surface area contributed by atoms with Crippen molar-refractivity contribution in [3.05, 3.63) is 18.3 Å². The Balaban J connectivity index is 1.35. The summed E-state index contributed by atoms with van der Waals surface area (Å²) in [4.78, 5) is 33.9. The molecule has 128 valence electrons. The van der Waals surface area contributed by atoms with Crippen LogP contribution in [0.5, 0.6) is 0 Å². The molecule has 1 aromatic rings. The van der Waals surface area contributed by atoms with Crippen molar-refractivity contribution < 1.29 is 9.59 Å². The second-order valence-electron chi connectivity index (χ2n) is 6.47. The summed E-state index contributed by atoms with van der Waals surface area (Å²) in [5.74, 6) is 0.721. The van der Waals surface area contributed by atoms with Crippen LogP contribution in [0.1, 0.15) is 6.42 Å². The van der Waals surface area contributed by atoms with Crippen LogP contribution in [0.3, 0.4) is 0 Å². The molecule has 3 fully saturated rings. The zero-order chi connectivity index (χ0) is 16.5. The molecule has 24 heavy (non-hydrogen) atoms. The van der Waals surface area contributed by atoms with Gasteiger partial charge < -0.3 is 10.2 Å². The lowest BCUT2D eigenvalue weighted by atomic mass is 10.1. The molecule has 0 spiro atoms. The number of hydrogen-bond donors (Lipinski definition) is 2. The van der Waals surface area contributed by atoms with E-state index in [1.807, 2.05) is 12.1 Å². The van der Waals surface area contributed by atoms with Gasteiger partial charge in [0, 0.05) is 58.3 Å². The summed E-state index contributed by atoms with van der Waals surface area (Å²) in [6.07, 6.45) is 2.04. The number of pyridine rings is 1. The number of nitrogens with zero attached hydrogens (tertiary/aromatic N) is 4. The smallest absolute Gasteiger partial charge is 0.328 e. The predicted octanol–water partition coefficient (Wildman–Crippen LogP) is -0.378. The van der Waals surface area contributed by atoms with E-state index in [0.717, 1.165) is 50.8 Å². The summed E-state index contributed by atoms with van der Waals surface area (Å²) in [6, 6.07) is 4.10. The number of amides is 3. The molecule has 1 aromatic heterocycles. The Hall–Kier alpha value is -2.19. The number of carbonyl (C=O) groups is 2. The Morgan fingerprint density at radius 3 is 2.54 bits per heavy atom. The largest absolute Gasteiger partial charge is 0.353 e. The number of anilines is 2. The minimum Gasteiger partial charge on any atom is -0.353 e. The molecule has 0 atom stereocenters. The summed E-state index contributed by atoms with van der Waals surface area (Å²) in [6.45, 7) is 6.80. The van der Waals surface area contributed by atoms with Crippen LogP contribution in [0, 0.1) is 0 Å². The normalized spacial score (nSPS) is 23.2. The molecule has 3 aliphatic heterocycles. The fraction of sp³-hybridized carbons (Fsp3) is 0.562. The fourth-order valence-corrected chi connectivity index (χ4v) is 3.46. The Morgan fingerprint density at radius 2 is 1.88 bits per heavy atom. The van der Waals surface area contributed by atoms with Gasteiger partial charge in [0.2, 0.25) is 5.91 Å². The first-order valence-electron chi connectivity index (χ1n) is 8.48. The average Bonchev–Trinajstić information content (AvgIpc) is 2.55. The molecule has 0 saturated carbocycles. The van der Waals surface area contributed by atoms with Crippen LogP contribution in [0.25, 0.3) is 0 Å². The molecule has 0 unspecified atom stereocenters. The van der Waals surface area contributed by atoms with E-state index in [1.165, 1.54) is 0 Å². The van der Waals surface area contributed by atoms with Crippen molar-refractivity contribution in [2.45, 2.75) is 12.5 Å². The topological polar surface area (TPSA) is 80.8 Å². The highest BCUT2D eigenvalue weighted by Gasteiger charge is 2.33. The maximum Gasteiger partial charge on any atom is 0.328 e. The molecule has 0 radical (unpaired) electrons. The van der Waals surface area contributed by atoms with E-state index < -0.39 is 0 Å². The van der Waals surface area contributed by atoms with Crippen molar-refractivity contribution in [3.63, 3.8) is 0 Å². The number of urea groups is 1. The fourth-order valence-electron chi connectivity index (χ4n) is 3.46. The van der Waals surface area contributed by atoms with Crippen molar-refractivity contribution in [2.24, 2.45) is 0 Å². The van der Waals surface area contributed by atoms with Crippen LogP contribution in [0.2, 0.25) is 0 Å². The lowest BCUT2D eigenvalue weighted by Crippen LogP contribution is -2.63. The van der Waals surface area contributed by atoms with Crippen LogP contribution < -0.4 is 20.4 Å². The van der Waals surface area contributed by atoms with Gasteiger partial charge in [-0.15, -0.1) is 0 Å². The molecule has 4 heterocycles. The van der Waals surface area contributed by atoms with Gasteiger partial charge in [-0.05, 0) is 12.1 Å². The van der Waals surface area contributed by atoms with Crippen LogP contribution in [-0.2, 0) is 4.79 Å². The highest BCUT2D eigenvalue weighted by atomic mass is 16.2. The second-order valence-corrected chi connectivity index (χ2v) is 6.47. The third kappa shape index (κ3) is 2.94. The number of nitrogens with one attached hydrogen (secondary N) is 2. The lowest BCUT2D eigenvalue weighted by molar-refractivity contribution is -0.120. The monoisotopic (exact) mass is 330 g/mol. The Bertz CT molecular complexity index is 622. The van der Waals surface area contributed by atoms with Gasteiger partial charge in [-0.3, -0.25) is 19.9 Å². The van der Waals surface area contributed by atoms with Gasteiger partial charge in [0.15, 0.2) is 0 Å². The van der Waals surface area contributed by atoms with Crippen molar-refractivity contribution in [2.75, 3.05) is 55.6 Å². The lowest BCUT2D eigenvalue weighted by Gasteiger charge is -2.47. The first-order chi connectivity index (χ1) is 11.7. The zero-order valence-corrected chi connectivity index (χ0v) is 13.6. The number of rotatable bonds is 3. The molecular formula is C16H22N6O2. The minimum atomic E-state index is -0.372. The zero-order valence-electron chi connectivity index (χ0n) is 13.6. The summed E-state index contributed by atoms with van der Waals surface area (Å²) in [5.41, 5.74) is 0.725. The molecule has 0 bridgehead atoms. The van der Waals surface area contributed by atoms with Gasteiger partial charge in [0.25, 0.3) is 0 Å². The van der Waals surface area contributed by atoms with Gasteiger partial charge in [-0.25, -0.2) is 9.78 Å². The second kappa shape index (κ2) is 6.37. The Morgan fingerprint density at radius 1 is 1.08 bits per heavy atom. The average molecular weight is 330 g/mol. The van der Waals surface area contributed by atoms with E-state index in [1.54, 1.807) is 11.1 Å². The molecule has 0 aromatic carbocycles. The van der Waals surface area contributed by atoms with Crippen molar-refractivity contribution >= 4 is 23.4 Å². The molecular weight excluding hydrogens is 308 g/mol. The third-order valence-electron chi connectivity index (χ3n) is 4.95. The SMILES string of the molecule is O=C1CCN(c2ccc(N3CC(N4CCNCC4)C3)nc2)C(=O)N1. The van der Waals surface area contributed by atoms with Gasteiger partial charge in [0.1, 0.15) is 5.82 Å². The van der Waals surface area contributed by atoms with E-state index in [0.29, 0.717) is 19.0 Å². The van der Waals surface area contributed by atoms with Gasteiger partial charge >= 0.3 is 6.03 Å². The maximum absolute atomic E-state index is 11.9. The number of aromatic nitrogens is 1. The van der Waals surface area contributed by atoms with Crippen LogP contribution in [-0.4, -0.2) is 73.7 Å². The van der Waals surface area contributed by atoms with E-state index >= 15 is 0 Å². The third-order valence-corrected chi connectivity index (χ3v) is 4.95. The van der Waals surface area contributed by atoms with E-state index in [-0.39, 0.29) is 11.9 Å². The standard InChI is InChI=1S/C16H22N6O2/c23-15-3-6-22(16(24)19-15)12-1-2-14(18-9-12)21-10-13(11-21)20-7-4-17-5-8-20/h1-2,9,13,17H,3-8,10-11H2,(H,19,23,24). The van der Waals surface area contributed by atoms with E-state index in [9.17, 15) is 9.59 Å². The first kappa shape index (κ1) is 15.3. The highest BCUT2D eigenvalue weighted by molar-refractivity contribution is 6.05. The van der Waals surface area contributed by atoms with Crippen LogP contribution in [0.4, 0.5) is 16.3 Å². The molecule has 8 heteroatoms. The highest BCUT2D eigenvalue weighted by Crippen LogP contribution is 2.24. The first-order valence-corrected chi connectivity index (χ1v) is 8.48. The van der Waals surface area contributed by atoms with Gasteiger partial charge in [-0.1, -0.05) is 0 Å². The molecule has 2 N–H and O–H groups in total. The predicted molar refractivity (Wildman–Crippen MR) is 90.2 cm³/mol. The Kier molecular flexibility index (Phi) is 4.07. The van der Waals surface area contributed by atoms with E-state index in [4.69, 9.17) is 0 Å². The number of imide groups is 1. The molecule has 0 aliphatic carbocycles. The van der Waals surface area contributed by atoms with Gasteiger partial charge in [0.05, 0.1) is 11.9 Å². The van der Waals surface area contributed by atoms with Crippen LogP contribution in [0.15, 0.2) is 18.3 Å². The maximum atomic E-state index is 11.9. The van der Waals surface area contributed by atoms with Crippen molar-refractivity contribution in [1.82, 2.24) is 20.5 Å². The number of hydrogen-bond acceptors (Lipinski definition) is 6. The molecule has 4 rings (SSSR count). The summed E-state index contributed by atoms with van der Waals surface area (Å²) >= 11 is 0. The van der Waals surface area contributed by atoms with E-state index in [2.05, 4.69) is 25.4 Å². The number of piperazine rings is 1. The summed E-state index contributed by atoms with van der Waals surface area (Å²) < 4.78 is 0. The van der Waals surface area contributed by atoms with Crippen molar-refractivity contribution in [1.29, 1.82) is 0 Å². The summed E-state index contributed by atoms with van der Waals surface area (Å²) in [5, 5.41) is 5.71. The van der Waals surface area contributed by atoms with Gasteiger partial charge in [-0.2, -0.15) is 0 Å². The number of carbonyl (C=O) groups excluding carboxylic acids is 2. The summed E-state index contributed by atoms with van der Waals surface area (Å²) in [7, 11) is 0. The molecule has 3 aliphatic rings. The minimum absolute atomic E-state index is 0.222. The molecule has 3 saturated heterocycles. The Labute approximate surface area is 140 Å². The molecule has 8 nitrogen and oxygen atoms in total. The van der Waals surface area contributed by atoms with Crippen molar-refractivity contribution in [3.8, 4) is 0 Å².